The van der Waals surface area contributed by atoms with Gasteiger partial charge in [-0.2, -0.15) is 13.2 Å². The summed E-state index contributed by atoms with van der Waals surface area (Å²) in [5, 5.41) is 0. The van der Waals surface area contributed by atoms with Gasteiger partial charge in [0.2, 0.25) is 0 Å². The fraction of sp³-hybridized carbons (Fsp3) is 1.00. The number of rotatable bonds is 3. The second kappa shape index (κ2) is 6.99. The van der Waals surface area contributed by atoms with Crippen LogP contribution in [0.1, 0.15) is 77.0 Å². The molecule has 2 saturated carbocycles. The van der Waals surface area contributed by atoms with Crippen LogP contribution in [0.15, 0.2) is 0 Å². The van der Waals surface area contributed by atoms with E-state index in [1.54, 1.807) is 0 Å². The van der Waals surface area contributed by atoms with Crippen molar-refractivity contribution in [3.05, 3.63) is 0 Å². The van der Waals surface area contributed by atoms with Gasteiger partial charge in [0.1, 0.15) is 0 Å². The van der Waals surface area contributed by atoms with Gasteiger partial charge in [-0.25, -0.2) is 0 Å². The molecule has 0 spiro atoms. The molecule has 0 aromatic rings. The largest absolute Gasteiger partial charge is 0.391 e. The van der Waals surface area contributed by atoms with E-state index in [0.717, 1.165) is 18.8 Å². The normalized spacial score (nSPS) is 31.1. The van der Waals surface area contributed by atoms with Crippen LogP contribution in [0.5, 0.6) is 0 Å². The summed E-state index contributed by atoms with van der Waals surface area (Å²) in [4.78, 5) is 0. The minimum absolute atomic E-state index is 0.374. The van der Waals surface area contributed by atoms with Crippen molar-refractivity contribution >= 4 is 0 Å². The summed E-state index contributed by atoms with van der Waals surface area (Å²) in [5.41, 5.74) is 0. The maximum atomic E-state index is 12.6. The maximum Gasteiger partial charge on any atom is 0.391 e. The molecule has 0 atom stereocenters. The minimum atomic E-state index is -3.95. The molecule has 2 aliphatic carbocycles. The molecule has 0 bridgehead atoms. The Morgan fingerprint density at radius 2 is 1.11 bits per heavy atom. The predicted octanol–water partition coefficient (Wildman–Crippen LogP) is 6.11. The number of hydrogen-bond donors (Lipinski definition) is 0. The Balaban J connectivity index is 1.65. The van der Waals surface area contributed by atoms with Crippen molar-refractivity contribution in [2.75, 3.05) is 0 Å². The van der Waals surface area contributed by atoms with Crippen molar-refractivity contribution in [2.45, 2.75) is 83.2 Å². The molecule has 2 fully saturated rings. The molecule has 2 aliphatic rings. The van der Waals surface area contributed by atoms with Crippen LogP contribution in [0.2, 0.25) is 0 Å². The zero-order valence-corrected chi connectivity index (χ0v) is 11.9. The molecule has 0 aromatic carbocycles. The van der Waals surface area contributed by atoms with Gasteiger partial charge in [-0.3, -0.25) is 0 Å². The first-order valence-electron chi connectivity index (χ1n) is 8.12. The first kappa shape index (κ1) is 15.2. The molecule has 0 nitrogen and oxygen atoms in total. The second-order valence-corrected chi connectivity index (χ2v) is 6.69. The zero-order valence-electron chi connectivity index (χ0n) is 11.9. The Kier molecular flexibility index (Phi) is 5.58. The van der Waals surface area contributed by atoms with E-state index in [-0.39, 0.29) is 0 Å². The van der Waals surface area contributed by atoms with Crippen LogP contribution in [0, 0.1) is 17.8 Å². The Labute approximate surface area is 115 Å². The van der Waals surface area contributed by atoms with Crippen molar-refractivity contribution in [3.63, 3.8) is 0 Å². The van der Waals surface area contributed by atoms with Crippen LogP contribution in [0.3, 0.4) is 0 Å². The molecule has 112 valence electrons. The highest BCUT2D eigenvalue weighted by atomic mass is 19.4. The molecule has 0 radical (unpaired) electrons. The third kappa shape index (κ3) is 5.00. The highest BCUT2D eigenvalue weighted by molar-refractivity contribution is 4.78. The molecule has 0 amide bonds. The Bertz CT molecular complexity index is 243. The van der Waals surface area contributed by atoms with Crippen LogP contribution in [-0.4, -0.2) is 6.18 Å². The van der Waals surface area contributed by atoms with Gasteiger partial charge in [-0.05, 0) is 37.5 Å². The van der Waals surface area contributed by atoms with Crippen molar-refractivity contribution in [3.8, 4) is 0 Å². The lowest BCUT2D eigenvalue weighted by Gasteiger charge is -2.30. The van der Waals surface area contributed by atoms with Gasteiger partial charge < -0.3 is 0 Å². The van der Waals surface area contributed by atoms with Crippen molar-refractivity contribution < 1.29 is 13.2 Å². The molecule has 19 heavy (non-hydrogen) atoms. The fourth-order valence-corrected chi connectivity index (χ4v) is 3.90. The SMILES string of the molecule is FC(F)(F)C1CCC(CCC2CCCCCC2)CC1. The number of hydrogen-bond acceptors (Lipinski definition) is 0. The molecule has 0 saturated heterocycles. The summed E-state index contributed by atoms with van der Waals surface area (Å²) < 4.78 is 37.8. The Morgan fingerprint density at radius 1 is 0.632 bits per heavy atom. The molecule has 0 heterocycles. The summed E-state index contributed by atoms with van der Waals surface area (Å²) in [6.07, 6.45) is 9.06. The van der Waals surface area contributed by atoms with E-state index < -0.39 is 12.1 Å². The van der Waals surface area contributed by atoms with Crippen LogP contribution in [0.4, 0.5) is 13.2 Å². The van der Waals surface area contributed by atoms with E-state index in [0.29, 0.717) is 18.8 Å². The molecule has 0 aromatic heterocycles. The average molecular weight is 276 g/mol. The summed E-state index contributed by atoms with van der Waals surface area (Å²) >= 11 is 0. The van der Waals surface area contributed by atoms with Gasteiger partial charge in [0, 0.05) is 0 Å². The van der Waals surface area contributed by atoms with Crippen LogP contribution < -0.4 is 0 Å². The number of alkyl halides is 3. The van der Waals surface area contributed by atoms with Gasteiger partial charge in [0.15, 0.2) is 0 Å². The van der Waals surface area contributed by atoms with Gasteiger partial charge in [-0.15, -0.1) is 0 Å². The van der Waals surface area contributed by atoms with Gasteiger partial charge in [0.05, 0.1) is 5.92 Å². The number of halogens is 3. The topological polar surface area (TPSA) is 0 Å². The first-order valence-corrected chi connectivity index (χ1v) is 8.12. The predicted molar refractivity (Wildman–Crippen MR) is 71.9 cm³/mol. The van der Waals surface area contributed by atoms with E-state index in [2.05, 4.69) is 0 Å². The molecule has 2 rings (SSSR count). The van der Waals surface area contributed by atoms with Crippen molar-refractivity contribution in [1.29, 1.82) is 0 Å². The van der Waals surface area contributed by atoms with E-state index in [4.69, 9.17) is 0 Å². The standard InChI is InChI=1S/C16H27F3/c17-16(18,19)15-11-9-14(10-12-15)8-7-13-5-3-1-2-4-6-13/h13-15H,1-12H2. The zero-order chi connectivity index (χ0) is 13.7. The monoisotopic (exact) mass is 276 g/mol. The highest BCUT2D eigenvalue weighted by Crippen LogP contribution is 2.41. The highest BCUT2D eigenvalue weighted by Gasteiger charge is 2.41. The first-order chi connectivity index (χ1) is 9.05. The van der Waals surface area contributed by atoms with E-state index in [1.165, 1.54) is 51.4 Å². The van der Waals surface area contributed by atoms with E-state index in [1.807, 2.05) is 0 Å². The summed E-state index contributed by atoms with van der Waals surface area (Å²) in [6.45, 7) is 0. The van der Waals surface area contributed by atoms with Crippen LogP contribution in [0.25, 0.3) is 0 Å². The third-order valence-electron chi connectivity index (χ3n) is 5.27. The lowest BCUT2D eigenvalue weighted by molar-refractivity contribution is -0.184. The van der Waals surface area contributed by atoms with Gasteiger partial charge >= 0.3 is 6.18 Å². The van der Waals surface area contributed by atoms with Gasteiger partial charge in [0.25, 0.3) is 0 Å². The summed E-state index contributed by atoms with van der Waals surface area (Å²) in [5.74, 6) is 0.423. The second-order valence-electron chi connectivity index (χ2n) is 6.69. The maximum absolute atomic E-state index is 12.6. The fourth-order valence-electron chi connectivity index (χ4n) is 3.90. The third-order valence-corrected chi connectivity index (χ3v) is 5.27. The molecule has 0 aliphatic heterocycles. The molecule has 3 heteroatoms. The average Bonchev–Trinajstić information content (AvgIpc) is 2.64. The van der Waals surface area contributed by atoms with Crippen LogP contribution in [-0.2, 0) is 0 Å². The van der Waals surface area contributed by atoms with Crippen molar-refractivity contribution in [2.24, 2.45) is 17.8 Å². The van der Waals surface area contributed by atoms with Gasteiger partial charge in [-0.1, -0.05) is 51.4 Å². The quantitative estimate of drug-likeness (QED) is 0.546. The van der Waals surface area contributed by atoms with Crippen molar-refractivity contribution in [1.82, 2.24) is 0 Å². The smallest absolute Gasteiger partial charge is 0.171 e. The lowest BCUT2D eigenvalue weighted by Crippen LogP contribution is -2.27. The van der Waals surface area contributed by atoms with E-state index in [9.17, 15) is 13.2 Å². The van der Waals surface area contributed by atoms with Crippen LogP contribution >= 0.6 is 0 Å². The minimum Gasteiger partial charge on any atom is -0.171 e. The Hall–Kier alpha value is -0.210. The molecular weight excluding hydrogens is 249 g/mol. The lowest BCUT2D eigenvalue weighted by atomic mass is 9.78. The molecule has 0 N–H and O–H groups in total. The molecule has 0 unspecified atom stereocenters. The summed E-state index contributed by atoms with van der Waals surface area (Å²) in [6, 6.07) is 0. The summed E-state index contributed by atoms with van der Waals surface area (Å²) in [7, 11) is 0. The Morgan fingerprint density at radius 3 is 1.58 bits per heavy atom. The molecular formula is C16H27F3. The van der Waals surface area contributed by atoms with E-state index >= 15 is 0 Å².